The lowest BCUT2D eigenvalue weighted by atomic mass is 9.40. The van der Waals surface area contributed by atoms with E-state index in [0.29, 0.717) is 23.2 Å². The predicted octanol–water partition coefficient (Wildman–Crippen LogP) is 5.45. The molecule has 0 aromatic carbocycles. The molecule has 4 rings (SSSR count). The molecule has 0 aliphatic heterocycles. The van der Waals surface area contributed by atoms with E-state index in [1.807, 2.05) is 0 Å². The third-order valence-electron chi connectivity index (χ3n) is 10.7. The third kappa shape index (κ3) is 2.81. The summed E-state index contributed by atoms with van der Waals surface area (Å²) in [5.41, 5.74) is 0.706. The number of aliphatic hydroxyl groups excluding tert-OH is 1. The van der Waals surface area contributed by atoms with Gasteiger partial charge in [-0.2, -0.15) is 0 Å². The Morgan fingerprint density at radius 1 is 1.04 bits per heavy atom. The first-order chi connectivity index (χ1) is 13.1. The van der Waals surface area contributed by atoms with Crippen molar-refractivity contribution in [2.24, 2.45) is 52.3 Å². The molecule has 0 saturated heterocycles. The maximum atomic E-state index is 11.6. The summed E-state index contributed by atoms with van der Waals surface area (Å²) in [6, 6.07) is 0. The zero-order chi connectivity index (χ0) is 20.4. The molecule has 160 valence electrons. The smallest absolute Gasteiger partial charge is 0.302 e. The van der Waals surface area contributed by atoms with Crippen molar-refractivity contribution in [1.82, 2.24) is 0 Å². The van der Waals surface area contributed by atoms with Crippen LogP contribution in [0, 0.1) is 52.3 Å². The van der Waals surface area contributed by atoms with E-state index < -0.39 is 6.10 Å². The predicted molar refractivity (Wildman–Crippen MR) is 112 cm³/mol. The number of hydrogen-bond acceptors (Lipinski definition) is 3. The molecule has 0 radical (unpaired) electrons. The molecule has 0 heterocycles. The van der Waals surface area contributed by atoms with Crippen LogP contribution >= 0.6 is 0 Å². The van der Waals surface area contributed by atoms with Crippen LogP contribution in [0.3, 0.4) is 0 Å². The lowest BCUT2D eigenvalue weighted by molar-refractivity contribution is -0.205. The van der Waals surface area contributed by atoms with Crippen LogP contribution in [0.5, 0.6) is 0 Å². The molecule has 1 N–H and O–H groups in total. The molecule has 3 heteroatoms. The number of fused-ring (bicyclic) bond motifs is 5. The molecule has 3 nitrogen and oxygen atoms in total. The van der Waals surface area contributed by atoms with Gasteiger partial charge in [-0.15, -0.1) is 0 Å². The molecule has 0 aromatic heterocycles. The normalized spacial score (nSPS) is 55.8. The van der Waals surface area contributed by atoms with E-state index in [1.54, 1.807) is 0 Å². The quantitative estimate of drug-likeness (QED) is 0.638. The Morgan fingerprint density at radius 3 is 2.36 bits per heavy atom. The molecule has 11 atom stereocenters. The first-order valence-corrected chi connectivity index (χ1v) is 12.0. The van der Waals surface area contributed by atoms with Crippen LogP contribution in [0.1, 0.15) is 86.5 Å². The van der Waals surface area contributed by atoms with Crippen molar-refractivity contribution in [2.45, 2.75) is 98.7 Å². The van der Waals surface area contributed by atoms with Gasteiger partial charge in [-0.25, -0.2) is 0 Å². The van der Waals surface area contributed by atoms with Crippen molar-refractivity contribution < 1.29 is 14.6 Å². The Bertz CT molecular complexity index is 617. The Kier molecular flexibility index (Phi) is 5.17. The van der Waals surface area contributed by atoms with Gasteiger partial charge in [0, 0.05) is 6.92 Å². The number of ether oxygens (including phenoxy) is 1. The zero-order valence-corrected chi connectivity index (χ0v) is 18.9. The van der Waals surface area contributed by atoms with E-state index in [1.165, 1.54) is 39.0 Å². The summed E-state index contributed by atoms with van der Waals surface area (Å²) < 4.78 is 5.61. The van der Waals surface area contributed by atoms with Crippen LogP contribution in [0.15, 0.2) is 0 Å². The Hall–Kier alpha value is -0.570. The summed E-state index contributed by atoms with van der Waals surface area (Å²) in [6.45, 7) is 13.9. The number of carbonyl (C=O) groups excluding carboxylic acids is 1. The van der Waals surface area contributed by atoms with Crippen LogP contribution < -0.4 is 0 Å². The molecule has 4 aliphatic carbocycles. The van der Waals surface area contributed by atoms with Crippen LogP contribution in [0.2, 0.25) is 0 Å². The highest BCUT2D eigenvalue weighted by atomic mass is 16.6. The standard InChI is InChI=1S/C25H42O3/c1-7-17-8-9-18-23-15(3)14(2)20-12-21(27)22(28-16(4)26)13-25(20,6)19(23)10-11-24(17,18)5/h14-15,17-23,27H,7-13H2,1-6H3/t14-,15-,17-,18?,19?,20?,21?,22+,23?,24+,25+/m0/s1. The largest absolute Gasteiger partial charge is 0.460 e. The van der Waals surface area contributed by atoms with Gasteiger partial charge < -0.3 is 9.84 Å². The van der Waals surface area contributed by atoms with Gasteiger partial charge in [0.1, 0.15) is 6.10 Å². The number of hydrogen-bond donors (Lipinski definition) is 1. The van der Waals surface area contributed by atoms with Crippen molar-refractivity contribution in [2.75, 3.05) is 0 Å². The van der Waals surface area contributed by atoms with Gasteiger partial charge in [0.15, 0.2) is 0 Å². The average molecular weight is 391 g/mol. The molecular weight excluding hydrogens is 348 g/mol. The molecule has 0 bridgehead atoms. The molecular formula is C25H42O3. The van der Waals surface area contributed by atoms with E-state index in [2.05, 4.69) is 34.6 Å². The van der Waals surface area contributed by atoms with E-state index in [-0.39, 0.29) is 17.5 Å². The highest BCUT2D eigenvalue weighted by Gasteiger charge is 2.64. The van der Waals surface area contributed by atoms with Crippen LogP contribution in [-0.2, 0) is 9.53 Å². The fourth-order valence-corrected chi connectivity index (χ4v) is 9.17. The minimum Gasteiger partial charge on any atom is -0.460 e. The first kappa shape index (κ1) is 20.7. The van der Waals surface area contributed by atoms with Gasteiger partial charge in [0.2, 0.25) is 0 Å². The van der Waals surface area contributed by atoms with Crippen molar-refractivity contribution in [1.29, 1.82) is 0 Å². The second-order valence-electron chi connectivity index (χ2n) is 11.5. The van der Waals surface area contributed by atoms with Gasteiger partial charge >= 0.3 is 5.97 Å². The van der Waals surface area contributed by atoms with Gasteiger partial charge in [-0.1, -0.05) is 41.0 Å². The summed E-state index contributed by atoms with van der Waals surface area (Å²) in [5, 5.41) is 10.8. The van der Waals surface area contributed by atoms with E-state index in [4.69, 9.17) is 4.74 Å². The number of esters is 1. The van der Waals surface area contributed by atoms with Crippen LogP contribution in [0.4, 0.5) is 0 Å². The monoisotopic (exact) mass is 390 g/mol. The van der Waals surface area contributed by atoms with E-state index >= 15 is 0 Å². The second-order valence-corrected chi connectivity index (χ2v) is 11.5. The lowest BCUT2D eigenvalue weighted by Gasteiger charge is -2.65. The van der Waals surface area contributed by atoms with Crippen LogP contribution in [0.25, 0.3) is 0 Å². The van der Waals surface area contributed by atoms with Gasteiger partial charge in [-0.3, -0.25) is 4.79 Å². The maximum absolute atomic E-state index is 11.6. The summed E-state index contributed by atoms with van der Waals surface area (Å²) in [4.78, 5) is 11.6. The Balaban J connectivity index is 1.68. The topological polar surface area (TPSA) is 46.5 Å². The van der Waals surface area contributed by atoms with E-state index in [0.717, 1.165) is 36.5 Å². The average Bonchev–Trinajstić information content (AvgIpc) is 2.97. The van der Waals surface area contributed by atoms with Crippen molar-refractivity contribution >= 4 is 5.97 Å². The molecule has 4 aliphatic rings. The van der Waals surface area contributed by atoms with Gasteiger partial charge in [0.05, 0.1) is 6.10 Å². The molecule has 28 heavy (non-hydrogen) atoms. The second kappa shape index (κ2) is 7.00. The zero-order valence-electron chi connectivity index (χ0n) is 18.9. The fraction of sp³-hybridized carbons (Fsp3) is 0.960. The van der Waals surface area contributed by atoms with Crippen LogP contribution in [-0.4, -0.2) is 23.3 Å². The summed E-state index contributed by atoms with van der Waals surface area (Å²) in [7, 11) is 0. The minimum atomic E-state index is -0.502. The highest BCUT2D eigenvalue weighted by Crippen LogP contribution is 2.70. The van der Waals surface area contributed by atoms with Gasteiger partial charge in [-0.05, 0) is 90.8 Å². The fourth-order valence-electron chi connectivity index (χ4n) is 9.17. The third-order valence-corrected chi connectivity index (χ3v) is 10.7. The molecule has 0 amide bonds. The maximum Gasteiger partial charge on any atom is 0.302 e. The van der Waals surface area contributed by atoms with E-state index in [9.17, 15) is 9.90 Å². The molecule has 0 spiro atoms. The van der Waals surface area contributed by atoms with Crippen molar-refractivity contribution in [3.8, 4) is 0 Å². The number of carbonyl (C=O) groups is 1. The first-order valence-electron chi connectivity index (χ1n) is 12.0. The summed E-state index contributed by atoms with van der Waals surface area (Å²) in [6.07, 6.45) is 7.65. The molecule has 4 fully saturated rings. The lowest BCUT2D eigenvalue weighted by Crippen LogP contribution is -2.61. The molecule has 5 unspecified atom stereocenters. The van der Waals surface area contributed by atoms with Crippen molar-refractivity contribution in [3.05, 3.63) is 0 Å². The Labute approximate surface area is 172 Å². The summed E-state index contributed by atoms with van der Waals surface area (Å²) >= 11 is 0. The minimum absolute atomic E-state index is 0.182. The van der Waals surface area contributed by atoms with Crippen molar-refractivity contribution in [3.63, 3.8) is 0 Å². The SMILES string of the molecule is CC[C@H]1CCC2C3C(CC[C@@]21C)[C@@]1(C)C[C@@H](OC(C)=O)C(O)CC1[C@@H](C)[C@@H]3C. The van der Waals surface area contributed by atoms with Gasteiger partial charge in [0.25, 0.3) is 0 Å². The summed E-state index contributed by atoms with van der Waals surface area (Å²) in [5.74, 6) is 4.89. The Morgan fingerprint density at radius 2 is 1.71 bits per heavy atom. The number of rotatable bonds is 2. The number of aliphatic hydroxyl groups is 1. The molecule has 4 saturated carbocycles. The molecule has 0 aromatic rings. The highest BCUT2D eigenvalue weighted by molar-refractivity contribution is 5.66.